The number of benzene rings is 1. The van der Waals surface area contributed by atoms with Gasteiger partial charge >= 0.3 is 6.09 Å². The summed E-state index contributed by atoms with van der Waals surface area (Å²) in [5.41, 5.74) is 1.02. The molecule has 0 saturated heterocycles. The number of hydrogen-bond donors (Lipinski definition) is 1. The van der Waals surface area contributed by atoms with Gasteiger partial charge in [0.25, 0.3) is 0 Å². The third-order valence-corrected chi connectivity index (χ3v) is 3.76. The van der Waals surface area contributed by atoms with Crippen molar-refractivity contribution >= 4 is 24.2 Å². The molecule has 0 unspecified atom stereocenters. The molecule has 0 aliphatic heterocycles. The Balaban J connectivity index is 0.00000242. The first-order valence-electron chi connectivity index (χ1n) is 7.38. The van der Waals surface area contributed by atoms with Crippen molar-refractivity contribution < 1.29 is 14.3 Å². The van der Waals surface area contributed by atoms with Gasteiger partial charge in [0.15, 0.2) is 0 Å². The maximum absolute atomic E-state index is 11.8. The van der Waals surface area contributed by atoms with E-state index >= 15 is 0 Å². The fraction of sp³-hybridized carbons (Fsp3) is 0.562. The SMILES string of the molecule is COc1ccc(N[C@H]2CCCC[C@@H]2OC(=O)N(C)C)cc1.Cl. The fourth-order valence-electron chi connectivity index (χ4n) is 2.54. The monoisotopic (exact) mass is 328 g/mol. The summed E-state index contributed by atoms with van der Waals surface area (Å²) >= 11 is 0. The molecule has 22 heavy (non-hydrogen) atoms. The highest BCUT2D eigenvalue weighted by Crippen LogP contribution is 2.26. The summed E-state index contributed by atoms with van der Waals surface area (Å²) < 4.78 is 10.7. The minimum atomic E-state index is -0.275. The lowest BCUT2D eigenvalue weighted by Crippen LogP contribution is -2.41. The number of amides is 1. The van der Waals surface area contributed by atoms with Crippen molar-refractivity contribution in [3.63, 3.8) is 0 Å². The van der Waals surface area contributed by atoms with Gasteiger partial charge in [0, 0.05) is 19.8 Å². The summed E-state index contributed by atoms with van der Waals surface area (Å²) in [5.74, 6) is 0.833. The second kappa shape index (κ2) is 8.73. The van der Waals surface area contributed by atoms with Gasteiger partial charge in [-0.15, -0.1) is 12.4 Å². The normalized spacial score (nSPS) is 20.5. The molecule has 1 aliphatic rings. The van der Waals surface area contributed by atoms with E-state index in [1.807, 2.05) is 24.3 Å². The number of anilines is 1. The predicted molar refractivity (Wildman–Crippen MR) is 90.1 cm³/mol. The smallest absolute Gasteiger partial charge is 0.409 e. The van der Waals surface area contributed by atoms with E-state index in [9.17, 15) is 4.79 Å². The van der Waals surface area contributed by atoms with Crippen LogP contribution in [0.15, 0.2) is 24.3 Å². The van der Waals surface area contributed by atoms with Crippen LogP contribution >= 0.6 is 12.4 Å². The molecule has 2 rings (SSSR count). The standard InChI is InChI=1S/C16H24N2O3.ClH/c1-18(2)16(19)21-15-7-5-4-6-14(15)17-12-8-10-13(20-3)11-9-12;/h8-11,14-15,17H,4-7H2,1-3H3;1H/t14-,15-;/m0./s1. The predicted octanol–water partition coefficient (Wildman–Crippen LogP) is 3.54. The third kappa shape index (κ3) is 4.98. The summed E-state index contributed by atoms with van der Waals surface area (Å²) in [6, 6.07) is 7.98. The summed E-state index contributed by atoms with van der Waals surface area (Å²) in [7, 11) is 5.06. The second-order valence-electron chi connectivity index (χ2n) is 5.58. The maximum atomic E-state index is 11.8. The van der Waals surface area contributed by atoms with Gasteiger partial charge in [-0.25, -0.2) is 4.79 Å². The Hall–Kier alpha value is -1.62. The number of nitrogens with zero attached hydrogens (tertiary/aromatic N) is 1. The molecular formula is C16H25ClN2O3. The molecule has 1 amide bonds. The molecule has 5 nitrogen and oxygen atoms in total. The number of nitrogens with one attached hydrogen (secondary N) is 1. The van der Waals surface area contributed by atoms with Crippen molar-refractivity contribution in [1.29, 1.82) is 0 Å². The molecule has 2 atom stereocenters. The number of carbonyl (C=O) groups excluding carboxylic acids is 1. The molecule has 1 aromatic rings. The van der Waals surface area contributed by atoms with Crippen LogP contribution in [0.1, 0.15) is 25.7 Å². The number of methoxy groups -OCH3 is 1. The van der Waals surface area contributed by atoms with E-state index in [4.69, 9.17) is 9.47 Å². The van der Waals surface area contributed by atoms with E-state index in [-0.39, 0.29) is 30.6 Å². The first kappa shape index (κ1) is 18.4. The Morgan fingerprint density at radius 1 is 1.18 bits per heavy atom. The highest BCUT2D eigenvalue weighted by atomic mass is 35.5. The number of rotatable bonds is 4. The molecule has 0 radical (unpaired) electrons. The van der Waals surface area contributed by atoms with Crippen LogP contribution in [-0.2, 0) is 4.74 Å². The van der Waals surface area contributed by atoms with E-state index < -0.39 is 0 Å². The Kier molecular flexibility index (Phi) is 7.32. The lowest BCUT2D eigenvalue weighted by Gasteiger charge is -2.33. The van der Waals surface area contributed by atoms with Crippen LogP contribution in [0.4, 0.5) is 10.5 Å². The van der Waals surface area contributed by atoms with E-state index in [1.54, 1.807) is 21.2 Å². The molecule has 1 aliphatic carbocycles. The number of ether oxygens (including phenoxy) is 2. The van der Waals surface area contributed by atoms with Crippen molar-refractivity contribution in [1.82, 2.24) is 4.90 Å². The fourth-order valence-corrected chi connectivity index (χ4v) is 2.54. The molecule has 0 aromatic heterocycles. The van der Waals surface area contributed by atoms with Crippen LogP contribution in [0.25, 0.3) is 0 Å². The van der Waals surface area contributed by atoms with Gasteiger partial charge in [0.1, 0.15) is 11.9 Å². The lowest BCUT2D eigenvalue weighted by molar-refractivity contribution is 0.0491. The quantitative estimate of drug-likeness (QED) is 0.918. The average Bonchev–Trinajstić information content (AvgIpc) is 2.50. The largest absolute Gasteiger partial charge is 0.497 e. The number of carbonyl (C=O) groups is 1. The van der Waals surface area contributed by atoms with E-state index in [0.29, 0.717) is 0 Å². The Morgan fingerprint density at radius 3 is 2.41 bits per heavy atom. The third-order valence-electron chi connectivity index (χ3n) is 3.76. The van der Waals surface area contributed by atoms with Gasteiger partial charge in [0.2, 0.25) is 0 Å². The van der Waals surface area contributed by atoms with Gasteiger partial charge in [0.05, 0.1) is 13.2 Å². The van der Waals surface area contributed by atoms with Crippen molar-refractivity contribution in [2.75, 3.05) is 26.5 Å². The Labute approximate surface area is 138 Å². The van der Waals surface area contributed by atoms with E-state index in [1.165, 1.54) is 4.90 Å². The van der Waals surface area contributed by atoms with Gasteiger partial charge in [-0.3, -0.25) is 0 Å². The summed E-state index contributed by atoms with van der Waals surface area (Å²) in [6.07, 6.45) is 3.83. The first-order chi connectivity index (χ1) is 10.1. The van der Waals surface area contributed by atoms with Gasteiger partial charge in [-0.05, 0) is 43.5 Å². The van der Waals surface area contributed by atoms with Crippen LogP contribution in [0.3, 0.4) is 0 Å². The van der Waals surface area contributed by atoms with Crippen molar-refractivity contribution in [3.8, 4) is 5.75 Å². The minimum Gasteiger partial charge on any atom is -0.497 e. The molecule has 0 bridgehead atoms. The van der Waals surface area contributed by atoms with Crippen LogP contribution in [0, 0.1) is 0 Å². The maximum Gasteiger partial charge on any atom is 0.409 e. The zero-order chi connectivity index (χ0) is 15.2. The van der Waals surface area contributed by atoms with E-state index in [2.05, 4.69) is 5.32 Å². The molecule has 1 fully saturated rings. The molecule has 0 spiro atoms. The minimum absolute atomic E-state index is 0. The van der Waals surface area contributed by atoms with Crippen LogP contribution in [0.2, 0.25) is 0 Å². The van der Waals surface area contributed by atoms with E-state index in [0.717, 1.165) is 37.1 Å². The highest BCUT2D eigenvalue weighted by Gasteiger charge is 2.28. The molecule has 1 aromatic carbocycles. The van der Waals surface area contributed by atoms with Crippen LogP contribution in [0.5, 0.6) is 5.75 Å². The Morgan fingerprint density at radius 2 is 1.82 bits per heavy atom. The van der Waals surface area contributed by atoms with Crippen LogP contribution in [-0.4, -0.2) is 44.3 Å². The molecule has 1 saturated carbocycles. The van der Waals surface area contributed by atoms with Gasteiger partial charge in [-0.1, -0.05) is 6.42 Å². The zero-order valence-electron chi connectivity index (χ0n) is 13.4. The number of halogens is 1. The molecule has 124 valence electrons. The molecule has 0 heterocycles. The van der Waals surface area contributed by atoms with Gasteiger partial charge < -0.3 is 19.7 Å². The number of hydrogen-bond acceptors (Lipinski definition) is 4. The molecule has 1 N–H and O–H groups in total. The van der Waals surface area contributed by atoms with Gasteiger partial charge in [-0.2, -0.15) is 0 Å². The topological polar surface area (TPSA) is 50.8 Å². The highest BCUT2D eigenvalue weighted by molar-refractivity contribution is 5.85. The average molecular weight is 329 g/mol. The summed E-state index contributed by atoms with van der Waals surface area (Å²) in [4.78, 5) is 13.2. The first-order valence-corrected chi connectivity index (χ1v) is 7.38. The van der Waals surface area contributed by atoms with Crippen molar-refractivity contribution in [2.24, 2.45) is 0 Å². The van der Waals surface area contributed by atoms with Crippen LogP contribution < -0.4 is 10.1 Å². The van der Waals surface area contributed by atoms with Crippen molar-refractivity contribution in [3.05, 3.63) is 24.3 Å². The zero-order valence-corrected chi connectivity index (χ0v) is 14.2. The van der Waals surface area contributed by atoms with Crippen molar-refractivity contribution in [2.45, 2.75) is 37.8 Å². The summed E-state index contributed by atoms with van der Waals surface area (Å²) in [6.45, 7) is 0. The Bertz CT molecular complexity index is 465. The molecular weight excluding hydrogens is 304 g/mol. The second-order valence-corrected chi connectivity index (χ2v) is 5.58. The lowest BCUT2D eigenvalue weighted by atomic mass is 9.92. The summed E-state index contributed by atoms with van der Waals surface area (Å²) in [5, 5.41) is 3.48. The molecule has 6 heteroatoms.